The number of carbonyl (C=O) groups is 1. The summed E-state index contributed by atoms with van der Waals surface area (Å²) in [5.74, 6) is -0.0863. The first-order chi connectivity index (χ1) is 12.2. The standard InChI is InChI=1S/C21H25O3P/c22-21-16-8-7-10-18(24-21)11-9-17-25(23,19-12-3-1-4-13-19)20-14-5-2-6-15-20/h1-6,12-15,18H,7-11,16-17H2. The van der Waals surface area contributed by atoms with E-state index in [9.17, 15) is 9.36 Å². The van der Waals surface area contributed by atoms with Gasteiger partial charge in [-0.2, -0.15) is 0 Å². The highest BCUT2D eigenvalue weighted by Crippen LogP contribution is 2.44. The van der Waals surface area contributed by atoms with E-state index in [4.69, 9.17) is 4.74 Å². The van der Waals surface area contributed by atoms with Crippen LogP contribution in [0, 0.1) is 0 Å². The van der Waals surface area contributed by atoms with E-state index in [0.717, 1.165) is 42.7 Å². The first kappa shape index (κ1) is 17.9. The molecule has 0 amide bonds. The van der Waals surface area contributed by atoms with Gasteiger partial charge in [-0.15, -0.1) is 0 Å². The number of benzene rings is 2. The molecule has 0 bridgehead atoms. The van der Waals surface area contributed by atoms with Crippen LogP contribution in [0.4, 0.5) is 0 Å². The van der Waals surface area contributed by atoms with Gasteiger partial charge in [0.05, 0.1) is 0 Å². The summed E-state index contributed by atoms with van der Waals surface area (Å²) in [4.78, 5) is 11.6. The molecular formula is C21H25O3P. The van der Waals surface area contributed by atoms with Crippen molar-refractivity contribution in [2.24, 2.45) is 0 Å². The second kappa shape index (κ2) is 8.49. The van der Waals surface area contributed by atoms with Crippen molar-refractivity contribution in [2.75, 3.05) is 6.16 Å². The number of cyclic esters (lactones) is 1. The molecule has 2 aromatic carbocycles. The van der Waals surface area contributed by atoms with Gasteiger partial charge >= 0.3 is 5.97 Å². The molecule has 2 aromatic rings. The van der Waals surface area contributed by atoms with Gasteiger partial charge in [0.1, 0.15) is 13.2 Å². The Labute approximate surface area is 149 Å². The van der Waals surface area contributed by atoms with Gasteiger partial charge in [-0.05, 0) is 32.1 Å². The molecule has 132 valence electrons. The number of esters is 1. The summed E-state index contributed by atoms with van der Waals surface area (Å²) < 4.78 is 19.4. The smallest absolute Gasteiger partial charge is 0.306 e. The van der Waals surface area contributed by atoms with Gasteiger partial charge in [0, 0.05) is 23.2 Å². The molecule has 1 fully saturated rings. The Bertz CT molecular complexity index is 684. The minimum atomic E-state index is -2.66. The highest BCUT2D eigenvalue weighted by atomic mass is 31.2. The molecule has 1 atom stereocenters. The van der Waals surface area contributed by atoms with Gasteiger partial charge in [-0.25, -0.2) is 0 Å². The van der Waals surface area contributed by atoms with Crippen LogP contribution in [0.1, 0.15) is 38.5 Å². The highest BCUT2D eigenvalue weighted by molar-refractivity contribution is 7.78. The summed E-state index contributed by atoms with van der Waals surface area (Å²) in [6.07, 6.45) is 5.57. The molecule has 0 radical (unpaired) electrons. The van der Waals surface area contributed by atoms with Crippen LogP contribution in [0.5, 0.6) is 0 Å². The lowest BCUT2D eigenvalue weighted by molar-refractivity contribution is -0.148. The molecule has 1 aliphatic rings. The summed E-state index contributed by atoms with van der Waals surface area (Å²) in [7, 11) is -2.66. The van der Waals surface area contributed by atoms with Gasteiger partial charge < -0.3 is 9.30 Å². The number of hydrogen-bond donors (Lipinski definition) is 0. The molecule has 4 heteroatoms. The van der Waals surface area contributed by atoms with E-state index in [-0.39, 0.29) is 12.1 Å². The Morgan fingerprint density at radius 2 is 1.52 bits per heavy atom. The Morgan fingerprint density at radius 3 is 2.12 bits per heavy atom. The van der Waals surface area contributed by atoms with Gasteiger partial charge in [0.15, 0.2) is 0 Å². The Hall–Kier alpha value is -1.86. The normalized spacial score (nSPS) is 18.4. The number of carbonyl (C=O) groups excluding carboxylic acids is 1. The van der Waals surface area contributed by atoms with Crippen molar-refractivity contribution in [3.05, 3.63) is 60.7 Å². The predicted molar refractivity (Wildman–Crippen MR) is 102 cm³/mol. The molecule has 25 heavy (non-hydrogen) atoms. The van der Waals surface area contributed by atoms with E-state index in [1.165, 1.54) is 0 Å². The summed E-state index contributed by atoms with van der Waals surface area (Å²) in [6, 6.07) is 19.5. The first-order valence-corrected chi connectivity index (χ1v) is 11.0. The molecular weight excluding hydrogens is 331 g/mol. The van der Waals surface area contributed by atoms with Gasteiger partial charge in [-0.3, -0.25) is 4.79 Å². The fourth-order valence-corrected chi connectivity index (χ4v) is 6.18. The average Bonchev–Trinajstić information content (AvgIpc) is 2.87. The molecule has 0 aliphatic carbocycles. The maximum Gasteiger partial charge on any atom is 0.306 e. The third kappa shape index (κ3) is 4.61. The van der Waals surface area contributed by atoms with Crippen LogP contribution in [-0.2, 0) is 14.1 Å². The second-order valence-corrected chi connectivity index (χ2v) is 9.59. The third-order valence-corrected chi connectivity index (χ3v) is 8.01. The Balaban J connectivity index is 1.73. The second-order valence-electron chi connectivity index (χ2n) is 6.63. The van der Waals surface area contributed by atoms with Crippen molar-refractivity contribution in [1.29, 1.82) is 0 Å². The van der Waals surface area contributed by atoms with E-state index in [1.807, 2.05) is 60.7 Å². The fourth-order valence-electron chi connectivity index (χ4n) is 3.43. The lowest BCUT2D eigenvalue weighted by Gasteiger charge is -2.21. The molecule has 1 heterocycles. The van der Waals surface area contributed by atoms with Gasteiger partial charge in [-0.1, -0.05) is 60.7 Å². The average molecular weight is 356 g/mol. The van der Waals surface area contributed by atoms with Crippen molar-refractivity contribution in [3.63, 3.8) is 0 Å². The monoisotopic (exact) mass is 356 g/mol. The fraction of sp³-hybridized carbons (Fsp3) is 0.381. The molecule has 3 nitrogen and oxygen atoms in total. The number of hydrogen-bond acceptors (Lipinski definition) is 3. The number of rotatable bonds is 6. The predicted octanol–water partition coefficient (Wildman–Crippen LogP) is 4.27. The summed E-state index contributed by atoms with van der Waals surface area (Å²) in [5.41, 5.74) is 0. The van der Waals surface area contributed by atoms with Crippen LogP contribution < -0.4 is 10.6 Å². The van der Waals surface area contributed by atoms with Gasteiger partial charge in [0.25, 0.3) is 0 Å². The van der Waals surface area contributed by atoms with E-state index >= 15 is 0 Å². The Kier molecular flexibility index (Phi) is 6.09. The largest absolute Gasteiger partial charge is 0.462 e. The minimum absolute atomic E-state index is 0.0185. The van der Waals surface area contributed by atoms with Crippen molar-refractivity contribution >= 4 is 23.7 Å². The van der Waals surface area contributed by atoms with E-state index < -0.39 is 7.14 Å². The minimum Gasteiger partial charge on any atom is -0.462 e. The van der Waals surface area contributed by atoms with Crippen molar-refractivity contribution in [3.8, 4) is 0 Å². The SMILES string of the molecule is O=C1CCCCC(CCCP(=O)(c2ccccc2)c2ccccc2)O1. The zero-order chi connectivity index (χ0) is 17.5. The highest BCUT2D eigenvalue weighted by Gasteiger charge is 2.27. The maximum atomic E-state index is 13.9. The molecule has 1 aliphatic heterocycles. The molecule has 1 unspecified atom stereocenters. The summed E-state index contributed by atoms with van der Waals surface area (Å²) in [6.45, 7) is 0. The first-order valence-electron chi connectivity index (χ1n) is 9.08. The molecule has 3 rings (SSSR count). The Morgan fingerprint density at radius 1 is 0.920 bits per heavy atom. The van der Waals surface area contributed by atoms with Crippen LogP contribution in [0.2, 0.25) is 0 Å². The van der Waals surface area contributed by atoms with Crippen LogP contribution >= 0.6 is 7.14 Å². The lowest BCUT2D eigenvalue weighted by atomic mass is 10.1. The van der Waals surface area contributed by atoms with E-state index in [0.29, 0.717) is 12.6 Å². The quantitative estimate of drug-likeness (QED) is 0.574. The zero-order valence-electron chi connectivity index (χ0n) is 14.5. The molecule has 0 N–H and O–H groups in total. The summed E-state index contributed by atoms with van der Waals surface area (Å²) >= 11 is 0. The molecule has 0 spiro atoms. The maximum absolute atomic E-state index is 13.9. The van der Waals surface area contributed by atoms with E-state index in [2.05, 4.69) is 0 Å². The lowest BCUT2D eigenvalue weighted by Crippen LogP contribution is -2.20. The van der Waals surface area contributed by atoms with Crippen molar-refractivity contribution in [2.45, 2.75) is 44.6 Å². The van der Waals surface area contributed by atoms with Crippen molar-refractivity contribution in [1.82, 2.24) is 0 Å². The topological polar surface area (TPSA) is 43.4 Å². The van der Waals surface area contributed by atoms with Crippen LogP contribution in [0.3, 0.4) is 0 Å². The van der Waals surface area contributed by atoms with Gasteiger partial charge in [0.2, 0.25) is 0 Å². The van der Waals surface area contributed by atoms with Crippen LogP contribution in [0.25, 0.3) is 0 Å². The third-order valence-electron chi connectivity index (χ3n) is 4.80. The van der Waals surface area contributed by atoms with Crippen LogP contribution in [0.15, 0.2) is 60.7 Å². The molecule has 1 saturated heterocycles. The zero-order valence-corrected chi connectivity index (χ0v) is 15.4. The number of ether oxygens (including phenoxy) is 1. The summed E-state index contributed by atoms with van der Waals surface area (Å²) in [5, 5.41) is 1.80. The van der Waals surface area contributed by atoms with Crippen molar-refractivity contribution < 1.29 is 14.1 Å². The molecule has 0 aromatic heterocycles. The molecule has 0 saturated carbocycles. The van der Waals surface area contributed by atoms with Crippen LogP contribution in [-0.4, -0.2) is 18.2 Å². The van der Waals surface area contributed by atoms with E-state index in [1.54, 1.807) is 0 Å².